The Hall–Kier alpha value is -2.11. The van der Waals surface area contributed by atoms with Crippen molar-refractivity contribution in [3.63, 3.8) is 0 Å². The van der Waals surface area contributed by atoms with E-state index < -0.39 is 0 Å². The molecule has 2 aromatic heterocycles. The number of carbonyl (C=O) groups is 1. The van der Waals surface area contributed by atoms with E-state index in [0.717, 1.165) is 12.2 Å². The lowest BCUT2D eigenvalue weighted by atomic mass is 9.89. The van der Waals surface area contributed by atoms with Crippen LogP contribution in [0.15, 0.2) is 46.6 Å². The third-order valence-electron chi connectivity index (χ3n) is 5.12. The van der Waals surface area contributed by atoms with Gasteiger partial charge in [-0.3, -0.25) is 4.79 Å². The quantitative estimate of drug-likeness (QED) is 0.721. The lowest BCUT2D eigenvalue weighted by molar-refractivity contribution is 0.102. The first kappa shape index (κ1) is 16.4. The fourth-order valence-corrected chi connectivity index (χ4v) is 4.62. The lowest BCUT2D eigenvalue weighted by Gasteiger charge is -2.31. The summed E-state index contributed by atoms with van der Waals surface area (Å²) >= 11 is 1.80. The Morgan fingerprint density at radius 1 is 1.32 bits per heavy atom. The minimum atomic E-state index is -0.138. The van der Waals surface area contributed by atoms with Crippen LogP contribution in [0.1, 0.15) is 41.6 Å². The number of nitrogens with one attached hydrogen (secondary N) is 1. The van der Waals surface area contributed by atoms with Crippen LogP contribution in [0.4, 0.5) is 5.69 Å². The van der Waals surface area contributed by atoms with E-state index >= 15 is 0 Å². The first-order chi connectivity index (χ1) is 12.2. The minimum Gasteiger partial charge on any atom is -0.472 e. The molecule has 4 nitrogen and oxygen atoms in total. The monoisotopic (exact) mass is 354 g/mol. The number of piperidine rings is 1. The maximum Gasteiger partial charge on any atom is 0.258 e. The molecule has 1 aromatic carbocycles. The molecule has 1 amide bonds. The van der Waals surface area contributed by atoms with Crippen LogP contribution in [-0.4, -0.2) is 30.4 Å². The fraction of sp³-hybridized carbons (Fsp3) is 0.350. The van der Waals surface area contributed by atoms with Crippen LogP contribution in [0, 0.1) is 0 Å². The number of likely N-dealkylation sites (tertiary alicyclic amines) is 1. The van der Waals surface area contributed by atoms with Gasteiger partial charge in [-0.15, -0.1) is 11.3 Å². The maximum absolute atomic E-state index is 12.2. The van der Waals surface area contributed by atoms with Gasteiger partial charge >= 0.3 is 0 Å². The molecule has 1 fully saturated rings. The summed E-state index contributed by atoms with van der Waals surface area (Å²) in [5, 5.41) is 6.56. The molecule has 0 aliphatic carbocycles. The van der Waals surface area contributed by atoms with E-state index in [4.69, 9.17) is 4.42 Å². The van der Waals surface area contributed by atoms with Crippen LogP contribution in [0.2, 0.25) is 0 Å². The molecule has 0 radical (unpaired) electrons. The van der Waals surface area contributed by atoms with E-state index in [1.54, 1.807) is 17.4 Å². The number of furan rings is 1. The predicted octanol–water partition coefficient (Wildman–Crippen LogP) is 4.95. The topological polar surface area (TPSA) is 45.5 Å². The highest BCUT2D eigenvalue weighted by molar-refractivity contribution is 7.17. The molecule has 5 heteroatoms. The standard InChI is InChI=1S/C20H22N2O2S/c1-2-22-8-5-14(6-9-22)18-13-25-19-4-3-16(11-17(18)19)21-20(23)15-7-10-24-12-15/h3-4,7,10-14H,2,5-6,8-9H2,1H3,(H,21,23). The molecule has 1 aliphatic heterocycles. The highest BCUT2D eigenvalue weighted by atomic mass is 32.1. The molecule has 0 atom stereocenters. The average molecular weight is 354 g/mol. The second kappa shape index (κ2) is 7.02. The summed E-state index contributed by atoms with van der Waals surface area (Å²) in [4.78, 5) is 14.7. The van der Waals surface area contributed by atoms with Crippen LogP contribution in [0.25, 0.3) is 10.1 Å². The van der Waals surface area contributed by atoms with Crippen molar-refractivity contribution in [2.75, 3.05) is 25.0 Å². The van der Waals surface area contributed by atoms with Gasteiger partial charge in [0.15, 0.2) is 0 Å². The average Bonchev–Trinajstić information content (AvgIpc) is 3.31. The molecule has 1 saturated heterocycles. The number of carbonyl (C=O) groups excluding carboxylic acids is 1. The van der Waals surface area contributed by atoms with Gasteiger partial charge in [0.05, 0.1) is 11.8 Å². The van der Waals surface area contributed by atoms with Gasteiger partial charge in [-0.25, -0.2) is 0 Å². The highest BCUT2D eigenvalue weighted by Crippen LogP contribution is 2.37. The van der Waals surface area contributed by atoms with Gasteiger partial charge in [0.25, 0.3) is 5.91 Å². The van der Waals surface area contributed by atoms with Crippen molar-refractivity contribution in [2.24, 2.45) is 0 Å². The Kier molecular flexibility index (Phi) is 4.59. The lowest BCUT2D eigenvalue weighted by Crippen LogP contribution is -2.32. The van der Waals surface area contributed by atoms with Crippen LogP contribution < -0.4 is 5.32 Å². The largest absolute Gasteiger partial charge is 0.472 e. The second-order valence-corrected chi connectivity index (χ2v) is 7.49. The first-order valence-electron chi connectivity index (χ1n) is 8.81. The summed E-state index contributed by atoms with van der Waals surface area (Å²) < 4.78 is 6.27. The smallest absolute Gasteiger partial charge is 0.258 e. The van der Waals surface area contributed by atoms with Crippen molar-refractivity contribution in [3.05, 3.63) is 53.3 Å². The van der Waals surface area contributed by atoms with Crippen LogP contribution >= 0.6 is 11.3 Å². The first-order valence-corrected chi connectivity index (χ1v) is 9.69. The van der Waals surface area contributed by atoms with Gasteiger partial charge in [0, 0.05) is 10.4 Å². The van der Waals surface area contributed by atoms with E-state index in [1.165, 1.54) is 54.1 Å². The van der Waals surface area contributed by atoms with Crippen molar-refractivity contribution in [1.82, 2.24) is 4.90 Å². The van der Waals surface area contributed by atoms with Crippen LogP contribution in [-0.2, 0) is 0 Å². The molecule has 3 heterocycles. The summed E-state index contributed by atoms with van der Waals surface area (Å²) in [6.07, 6.45) is 5.40. The molecule has 130 valence electrons. The molecule has 0 bridgehead atoms. The van der Waals surface area contributed by atoms with Crippen LogP contribution in [0.3, 0.4) is 0 Å². The summed E-state index contributed by atoms with van der Waals surface area (Å²) in [7, 11) is 0. The van der Waals surface area contributed by atoms with Gasteiger partial charge in [0.2, 0.25) is 0 Å². The number of thiophene rings is 1. The Morgan fingerprint density at radius 3 is 2.88 bits per heavy atom. The number of anilines is 1. The molecule has 0 unspecified atom stereocenters. The normalized spacial score (nSPS) is 16.4. The van der Waals surface area contributed by atoms with Crippen molar-refractivity contribution in [1.29, 1.82) is 0 Å². The van der Waals surface area contributed by atoms with Gasteiger partial charge in [0.1, 0.15) is 6.26 Å². The number of benzene rings is 1. The van der Waals surface area contributed by atoms with Crippen molar-refractivity contribution < 1.29 is 9.21 Å². The Balaban J connectivity index is 1.56. The molecule has 25 heavy (non-hydrogen) atoms. The molecule has 1 aliphatic rings. The molecule has 0 saturated carbocycles. The van der Waals surface area contributed by atoms with E-state index in [9.17, 15) is 4.79 Å². The number of hydrogen-bond donors (Lipinski definition) is 1. The fourth-order valence-electron chi connectivity index (χ4n) is 3.60. The SMILES string of the molecule is CCN1CCC(c2csc3ccc(NC(=O)c4ccoc4)cc23)CC1. The van der Waals surface area contributed by atoms with Crippen molar-refractivity contribution >= 4 is 33.0 Å². The number of amides is 1. The second-order valence-electron chi connectivity index (χ2n) is 6.58. The summed E-state index contributed by atoms with van der Waals surface area (Å²) in [5.41, 5.74) is 2.82. The number of hydrogen-bond acceptors (Lipinski definition) is 4. The molecular formula is C20H22N2O2S. The predicted molar refractivity (Wildman–Crippen MR) is 103 cm³/mol. The highest BCUT2D eigenvalue weighted by Gasteiger charge is 2.22. The van der Waals surface area contributed by atoms with Gasteiger partial charge < -0.3 is 14.6 Å². The maximum atomic E-state index is 12.2. The number of fused-ring (bicyclic) bond motifs is 1. The molecule has 4 rings (SSSR count). The molecule has 0 spiro atoms. The number of nitrogens with zero attached hydrogens (tertiary/aromatic N) is 1. The molecule has 3 aromatic rings. The molecule has 1 N–H and O–H groups in total. The summed E-state index contributed by atoms with van der Waals surface area (Å²) in [6.45, 7) is 5.72. The third-order valence-corrected chi connectivity index (χ3v) is 6.10. The van der Waals surface area contributed by atoms with Gasteiger partial charge in [-0.05, 0) is 79.0 Å². The Labute approximate surface area is 151 Å². The Bertz CT molecular complexity index is 861. The zero-order chi connectivity index (χ0) is 17.2. The third kappa shape index (κ3) is 3.34. The van der Waals surface area contributed by atoms with E-state index in [-0.39, 0.29) is 5.91 Å². The Morgan fingerprint density at radius 2 is 2.16 bits per heavy atom. The minimum absolute atomic E-state index is 0.138. The van der Waals surface area contributed by atoms with Crippen molar-refractivity contribution in [3.8, 4) is 0 Å². The van der Waals surface area contributed by atoms with Crippen LogP contribution in [0.5, 0.6) is 0 Å². The zero-order valence-electron chi connectivity index (χ0n) is 14.3. The van der Waals surface area contributed by atoms with Gasteiger partial charge in [-0.1, -0.05) is 6.92 Å². The van der Waals surface area contributed by atoms with E-state index in [2.05, 4.69) is 34.7 Å². The van der Waals surface area contributed by atoms with Crippen molar-refractivity contribution in [2.45, 2.75) is 25.7 Å². The summed E-state index contributed by atoms with van der Waals surface area (Å²) in [5.74, 6) is 0.484. The molecular weight excluding hydrogens is 332 g/mol. The van der Waals surface area contributed by atoms with E-state index in [0.29, 0.717) is 11.5 Å². The summed E-state index contributed by atoms with van der Waals surface area (Å²) in [6, 6.07) is 7.87. The number of rotatable bonds is 4. The zero-order valence-corrected chi connectivity index (χ0v) is 15.1. The van der Waals surface area contributed by atoms with Gasteiger partial charge in [-0.2, -0.15) is 0 Å². The van der Waals surface area contributed by atoms with E-state index in [1.807, 2.05) is 6.07 Å².